The van der Waals surface area contributed by atoms with Crippen molar-refractivity contribution in [3.05, 3.63) is 11.7 Å². The Morgan fingerprint density at radius 3 is 2.73 bits per heavy atom. The molecule has 0 spiro atoms. The first kappa shape index (κ1) is 20.7. The molecule has 1 saturated carbocycles. The number of unbranched alkanes of at least 4 members (excludes halogenated alkanes) is 1. The van der Waals surface area contributed by atoms with Gasteiger partial charge >= 0.3 is 6.09 Å². The molecule has 1 aliphatic rings. The van der Waals surface area contributed by atoms with Crippen molar-refractivity contribution in [2.24, 2.45) is 11.7 Å². The quantitative estimate of drug-likeness (QED) is 0.677. The molecule has 0 radical (unpaired) electrons. The van der Waals surface area contributed by atoms with E-state index in [1.165, 1.54) is 32.1 Å². The maximum atomic E-state index is 11.6. The standard InChI is InChI=1S/C19H34N4O3/c1-19(2,3)25-18(24)21-12-8-7-11-15(20)17-22-16(23-26-17)13-14-9-5-4-6-10-14/h14-15H,4-13,20H2,1-3H3,(H,21,24)/t15-/m0/s1. The van der Waals surface area contributed by atoms with Gasteiger partial charge in [0.25, 0.3) is 0 Å². The number of carbonyl (C=O) groups excluding carboxylic acids is 1. The summed E-state index contributed by atoms with van der Waals surface area (Å²) in [7, 11) is 0. The van der Waals surface area contributed by atoms with Gasteiger partial charge in [-0.2, -0.15) is 4.98 Å². The minimum Gasteiger partial charge on any atom is -0.444 e. The lowest BCUT2D eigenvalue weighted by atomic mass is 9.87. The molecule has 2 rings (SSSR count). The second-order valence-electron chi connectivity index (χ2n) is 8.29. The number of amides is 1. The van der Waals surface area contributed by atoms with Crippen molar-refractivity contribution in [2.45, 2.75) is 90.2 Å². The van der Waals surface area contributed by atoms with Gasteiger partial charge in [-0.05, 0) is 46.0 Å². The zero-order valence-electron chi connectivity index (χ0n) is 16.4. The van der Waals surface area contributed by atoms with Gasteiger partial charge in [-0.15, -0.1) is 0 Å². The van der Waals surface area contributed by atoms with Crippen molar-refractivity contribution in [3.8, 4) is 0 Å². The van der Waals surface area contributed by atoms with Gasteiger partial charge < -0.3 is 20.3 Å². The number of nitrogens with two attached hydrogens (primary N) is 1. The minimum absolute atomic E-state index is 0.246. The van der Waals surface area contributed by atoms with Crippen molar-refractivity contribution in [1.82, 2.24) is 15.5 Å². The van der Waals surface area contributed by atoms with E-state index in [9.17, 15) is 4.79 Å². The van der Waals surface area contributed by atoms with Crippen LogP contribution in [0.25, 0.3) is 0 Å². The Hall–Kier alpha value is -1.63. The van der Waals surface area contributed by atoms with Gasteiger partial charge in [0.05, 0.1) is 6.04 Å². The number of rotatable bonds is 8. The number of carbonyl (C=O) groups is 1. The van der Waals surface area contributed by atoms with E-state index in [4.69, 9.17) is 15.0 Å². The molecule has 3 N–H and O–H groups in total. The van der Waals surface area contributed by atoms with Crippen LogP contribution in [0.1, 0.15) is 89.9 Å². The summed E-state index contributed by atoms with van der Waals surface area (Å²) in [5.41, 5.74) is 5.69. The number of hydrogen-bond donors (Lipinski definition) is 2. The number of nitrogens with zero attached hydrogens (tertiary/aromatic N) is 2. The van der Waals surface area contributed by atoms with Gasteiger partial charge in [-0.3, -0.25) is 0 Å². The Morgan fingerprint density at radius 1 is 1.31 bits per heavy atom. The van der Waals surface area contributed by atoms with Gasteiger partial charge in [0.1, 0.15) is 5.60 Å². The first-order valence-electron chi connectivity index (χ1n) is 9.88. The highest BCUT2D eigenvalue weighted by atomic mass is 16.6. The van der Waals surface area contributed by atoms with Crippen molar-refractivity contribution in [1.29, 1.82) is 0 Å². The second kappa shape index (κ2) is 9.90. The number of alkyl carbamates (subject to hydrolysis) is 1. The largest absolute Gasteiger partial charge is 0.444 e. The molecular weight excluding hydrogens is 332 g/mol. The molecule has 148 valence electrons. The van der Waals surface area contributed by atoms with Crippen molar-refractivity contribution >= 4 is 6.09 Å². The van der Waals surface area contributed by atoms with E-state index in [1.807, 2.05) is 20.8 Å². The summed E-state index contributed by atoms with van der Waals surface area (Å²) in [6.07, 6.45) is 9.47. The Balaban J connectivity index is 1.62. The predicted molar refractivity (Wildman–Crippen MR) is 99.6 cm³/mol. The van der Waals surface area contributed by atoms with Crippen LogP contribution in [0.5, 0.6) is 0 Å². The molecule has 0 aromatic carbocycles. The summed E-state index contributed by atoms with van der Waals surface area (Å²) in [5, 5.41) is 6.84. The molecule has 0 bridgehead atoms. The van der Waals surface area contributed by atoms with Gasteiger partial charge in [-0.25, -0.2) is 4.79 Å². The molecule has 26 heavy (non-hydrogen) atoms. The first-order chi connectivity index (χ1) is 12.3. The molecule has 1 aliphatic carbocycles. The van der Waals surface area contributed by atoms with Crippen molar-refractivity contribution in [2.75, 3.05) is 6.54 Å². The SMILES string of the molecule is CC(C)(C)OC(=O)NCCCC[C@H](N)c1nc(CC2CCCCC2)no1. The van der Waals surface area contributed by atoms with Gasteiger partial charge in [0, 0.05) is 13.0 Å². The van der Waals surface area contributed by atoms with E-state index in [0.29, 0.717) is 18.4 Å². The van der Waals surface area contributed by atoms with Crippen LogP contribution < -0.4 is 11.1 Å². The van der Waals surface area contributed by atoms with Gasteiger partial charge in [0.2, 0.25) is 5.89 Å². The molecule has 1 amide bonds. The van der Waals surface area contributed by atoms with Crippen molar-refractivity contribution in [3.63, 3.8) is 0 Å². The van der Waals surface area contributed by atoms with Crippen molar-refractivity contribution < 1.29 is 14.1 Å². The molecule has 0 saturated heterocycles. The number of hydrogen-bond acceptors (Lipinski definition) is 6. The van der Waals surface area contributed by atoms with Gasteiger partial charge in [0.15, 0.2) is 5.82 Å². The molecule has 1 aromatic heterocycles. The lowest BCUT2D eigenvalue weighted by Gasteiger charge is -2.19. The number of ether oxygens (including phenoxy) is 1. The predicted octanol–water partition coefficient (Wildman–Crippen LogP) is 3.89. The van der Waals surface area contributed by atoms with E-state index in [-0.39, 0.29) is 12.1 Å². The average molecular weight is 367 g/mol. The van der Waals surface area contributed by atoms with E-state index in [0.717, 1.165) is 31.5 Å². The van der Waals surface area contributed by atoms with E-state index in [1.54, 1.807) is 0 Å². The molecule has 0 unspecified atom stereocenters. The molecule has 7 nitrogen and oxygen atoms in total. The fourth-order valence-corrected chi connectivity index (χ4v) is 3.27. The summed E-state index contributed by atoms with van der Waals surface area (Å²) >= 11 is 0. The Morgan fingerprint density at radius 2 is 2.04 bits per heavy atom. The highest BCUT2D eigenvalue weighted by Gasteiger charge is 2.19. The highest BCUT2D eigenvalue weighted by molar-refractivity contribution is 5.67. The normalized spacial score (nSPS) is 17.1. The zero-order chi connectivity index (χ0) is 19.0. The maximum Gasteiger partial charge on any atom is 0.407 e. The summed E-state index contributed by atoms with van der Waals surface area (Å²) < 4.78 is 10.5. The number of nitrogens with one attached hydrogen (secondary N) is 1. The Kier molecular flexibility index (Phi) is 7.87. The van der Waals surface area contributed by atoms with Crippen LogP contribution in [0.15, 0.2) is 4.52 Å². The molecule has 1 heterocycles. The fraction of sp³-hybridized carbons (Fsp3) is 0.842. The van der Waals surface area contributed by atoms with E-state index < -0.39 is 5.60 Å². The summed E-state index contributed by atoms with van der Waals surface area (Å²) in [5.74, 6) is 1.99. The third kappa shape index (κ3) is 7.72. The van der Waals surface area contributed by atoms with E-state index in [2.05, 4.69) is 15.5 Å². The van der Waals surface area contributed by atoms with Gasteiger partial charge in [-0.1, -0.05) is 37.3 Å². The topological polar surface area (TPSA) is 103 Å². The van der Waals surface area contributed by atoms with Crippen LogP contribution in [0, 0.1) is 5.92 Å². The second-order valence-corrected chi connectivity index (χ2v) is 8.29. The molecule has 0 aliphatic heterocycles. The smallest absolute Gasteiger partial charge is 0.407 e. The zero-order valence-corrected chi connectivity index (χ0v) is 16.4. The lowest BCUT2D eigenvalue weighted by molar-refractivity contribution is 0.0527. The minimum atomic E-state index is -0.472. The molecule has 1 aromatic rings. The summed E-state index contributed by atoms with van der Waals surface area (Å²) in [4.78, 5) is 16.0. The molecule has 1 atom stereocenters. The van der Waals surface area contributed by atoms with Crippen LogP contribution in [-0.2, 0) is 11.2 Å². The van der Waals surface area contributed by atoms with E-state index >= 15 is 0 Å². The van der Waals surface area contributed by atoms with Crippen LogP contribution in [0.2, 0.25) is 0 Å². The summed E-state index contributed by atoms with van der Waals surface area (Å²) in [6.45, 7) is 6.11. The first-order valence-corrected chi connectivity index (χ1v) is 9.88. The fourth-order valence-electron chi connectivity index (χ4n) is 3.27. The molecule has 7 heteroatoms. The maximum absolute atomic E-state index is 11.6. The van der Waals surface area contributed by atoms with Crippen LogP contribution in [0.4, 0.5) is 4.79 Å². The molecule has 1 fully saturated rings. The Bertz CT molecular complexity index is 547. The Labute approximate surface area is 156 Å². The highest BCUT2D eigenvalue weighted by Crippen LogP contribution is 2.26. The van der Waals surface area contributed by atoms with Crippen LogP contribution >= 0.6 is 0 Å². The monoisotopic (exact) mass is 366 g/mol. The van der Waals surface area contributed by atoms with Crippen LogP contribution in [0.3, 0.4) is 0 Å². The van der Waals surface area contributed by atoms with Crippen LogP contribution in [-0.4, -0.2) is 28.4 Å². The third-order valence-corrected chi connectivity index (χ3v) is 4.61. The molecular formula is C19H34N4O3. The number of aromatic nitrogens is 2. The average Bonchev–Trinajstić information content (AvgIpc) is 3.02. The lowest BCUT2D eigenvalue weighted by Crippen LogP contribution is -2.33. The third-order valence-electron chi connectivity index (χ3n) is 4.61. The summed E-state index contributed by atoms with van der Waals surface area (Å²) in [6, 6.07) is -0.246.